The van der Waals surface area contributed by atoms with E-state index in [-0.39, 0.29) is 12.3 Å². The van der Waals surface area contributed by atoms with Crippen LogP contribution in [0.25, 0.3) is 0 Å². The first kappa shape index (κ1) is 19.7. The van der Waals surface area contributed by atoms with Gasteiger partial charge in [0.1, 0.15) is 12.2 Å². The molecule has 1 heterocycles. The van der Waals surface area contributed by atoms with Crippen LogP contribution >= 0.6 is 0 Å². The summed E-state index contributed by atoms with van der Waals surface area (Å²) in [5, 5.41) is 0. The molecular formula is C22H31NO4. The lowest BCUT2D eigenvalue weighted by Crippen LogP contribution is -2.31. The van der Waals surface area contributed by atoms with Gasteiger partial charge in [0, 0.05) is 19.0 Å². The molecule has 1 atom stereocenters. The van der Waals surface area contributed by atoms with Crippen molar-refractivity contribution in [1.29, 1.82) is 0 Å². The van der Waals surface area contributed by atoms with Crippen LogP contribution in [-0.2, 0) is 14.3 Å². The molecule has 5 heteroatoms. The van der Waals surface area contributed by atoms with Crippen LogP contribution < -0.4 is 4.74 Å². The molecule has 27 heavy (non-hydrogen) atoms. The van der Waals surface area contributed by atoms with Gasteiger partial charge in [0.15, 0.2) is 0 Å². The molecule has 2 fully saturated rings. The fraction of sp³-hybridized carbons (Fsp3) is 0.636. The second kappa shape index (κ2) is 9.77. The van der Waals surface area contributed by atoms with Gasteiger partial charge in [0.2, 0.25) is 5.91 Å². The van der Waals surface area contributed by atoms with Gasteiger partial charge >= 0.3 is 5.97 Å². The molecule has 2 aliphatic rings. The number of para-hydroxylation sites is 1. The average Bonchev–Trinajstić information content (AvgIpc) is 3.17. The maximum atomic E-state index is 12.2. The molecule has 0 N–H and O–H groups in total. The molecule has 0 radical (unpaired) electrons. The number of rotatable bonds is 7. The summed E-state index contributed by atoms with van der Waals surface area (Å²) in [5.74, 6) is 1.35. The Morgan fingerprint density at radius 3 is 2.67 bits per heavy atom. The number of carbonyl (C=O) groups excluding carboxylic acids is 2. The van der Waals surface area contributed by atoms with Crippen molar-refractivity contribution in [2.24, 2.45) is 5.92 Å². The lowest BCUT2D eigenvalue weighted by molar-refractivity contribution is -0.148. The number of likely N-dealkylation sites (tertiary alicyclic amines) is 1. The van der Waals surface area contributed by atoms with Crippen molar-refractivity contribution in [3.8, 4) is 5.75 Å². The Bertz CT molecular complexity index is 639. The van der Waals surface area contributed by atoms with Gasteiger partial charge in [0.05, 0.1) is 13.2 Å². The molecule has 0 spiro atoms. The summed E-state index contributed by atoms with van der Waals surface area (Å²) in [6.07, 6.45) is 7.21. The van der Waals surface area contributed by atoms with E-state index in [4.69, 9.17) is 9.47 Å². The molecule has 1 aliphatic carbocycles. The van der Waals surface area contributed by atoms with E-state index in [1.807, 2.05) is 6.07 Å². The van der Waals surface area contributed by atoms with Crippen LogP contribution in [-0.4, -0.2) is 43.1 Å². The molecule has 0 bridgehead atoms. The van der Waals surface area contributed by atoms with Crippen molar-refractivity contribution in [2.75, 3.05) is 26.3 Å². The van der Waals surface area contributed by atoms with Gasteiger partial charge in [-0.25, -0.2) is 0 Å². The van der Waals surface area contributed by atoms with Crippen molar-refractivity contribution in [3.63, 3.8) is 0 Å². The first-order chi connectivity index (χ1) is 13.2. The van der Waals surface area contributed by atoms with Crippen molar-refractivity contribution in [1.82, 2.24) is 4.90 Å². The van der Waals surface area contributed by atoms with E-state index in [0.717, 1.165) is 12.2 Å². The SMILES string of the molecule is CCOC(=O)CC(=O)N1CC[C@H](COc2ccccc2C2CCCCC2)C1. The Kier molecular flexibility index (Phi) is 7.13. The zero-order chi connectivity index (χ0) is 19.1. The van der Waals surface area contributed by atoms with Crippen LogP contribution in [0.5, 0.6) is 5.75 Å². The molecule has 0 unspecified atom stereocenters. The van der Waals surface area contributed by atoms with Gasteiger partial charge in [-0.1, -0.05) is 37.5 Å². The van der Waals surface area contributed by atoms with E-state index in [1.54, 1.807) is 11.8 Å². The number of hydrogen-bond donors (Lipinski definition) is 0. The van der Waals surface area contributed by atoms with E-state index < -0.39 is 5.97 Å². The molecular weight excluding hydrogens is 342 g/mol. The number of hydrogen-bond acceptors (Lipinski definition) is 4. The number of ether oxygens (including phenoxy) is 2. The monoisotopic (exact) mass is 373 g/mol. The Labute approximate surface area is 162 Å². The molecule has 1 amide bonds. The second-order valence-electron chi connectivity index (χ2n) is 7.66. The maximum absolute atomic E-state index is 12.2. The Balaban J connectivity index is 1.50. The number of nitrogens with zero attached hydrogens (tertiary/aromatic N) is 1. The van der Waals surface area contributed by atoms with Crippen LogP contribution in [0.15, 0.2) is 24.3 Å². The van der Waals surface area contributed by atoms with E-state index in [1.165, 1.54) is 37.7 Å². The third-order valence-corrected chi connectivity index (χ3v) is 5.68. The lowest BCUT2D eigenvalue weighted by atomic mass is 9.84. The highest BCUT2D eigenvalue weighted by Gasteiger charge is 2.28. The van der Waals surface area contributed by atoms with Crippen LogP contribution in [0.1, 0.15) is 63.4 Å². The van der Waals surface area contributed by atoms with Gasteiger partial charge in [-0.3, -0.25) is 9.59 Å². The van der Waals surface area contributed by atoms with Crippen LogP contribution in [0, 0.1) is 5.92 Å². The number of esters is 1. The normalized spacial score (nSPS) is 20.5. The largest absolute Gasteiger partial charge is 0.493 e. The number of amides is 1. The summed E-state index contributed by atoms with van der Waals surface area (Å²) < 4.78 is 11.1. The first-order valence-corrected chi connectivity index (χ1v) is 10.3. The smallest absolute Gasteiger partial charge is 0.315 e. The molecule has 0 aromatic heterocycles. The minimum Gasteiger partial charge on any atom is -0.493 e. The number of benzene rings is 1. The summed E-state index contributed by atoms with van der Waals surface area (Å²) in [6, 6.07) is 8.41. The fourth-order valence-corrected chi connectivity index (χ4v) is 4.21. The number of carbonyl (C=O) groups is 2. The van der Waals surface area contributed by atoms with Gasteiger partial charge in [-0.15, -0.1) is 0 Å². The van der Waals surface area contributed by atoms with Gasteiger partial charge in [0.25, 0.3) is 0 Å². The van der Waals surface area contributed by atoms with Crippen LogP contribution in [0.3, 0.4) is 0 Å². The van der Waals surface area contributed by atoms with Crippen molar-refractivity contribution < 1.29 is 19.1 Å². The van der Waals surface area contributed by atoms with Gasteiger partial charge < -0.3 is 14.4 Å². The second-order valence-corrected chi connectivity index (χ2v) is 7.66. The van der Waals surface area contributed by atoms with Gasteiger partial charge in [-0.05, 0) is 43.7 Å². The highest BCUT2D eigenvalue weighted by atomic mass is 16.5. The molecule has 1 saturated carbocycles. The van der Waals surface area contributed by atoms with E-state index in [0.29, 0.717) is 38.1 Å². The van der Waals surface area contributed by atoms with Crippen LogP contribution in [0.4, 0.5) is 0 Å². The molecule has 1 saturated heterocycles. The maximum Gasteiger partial charge on any atom is 0.315 e. The molecule has 3 rings (SSSR count). The van der Waals surface area contributed by atoms with E-state index >= 15 is 0 Å². The zero-order valence-electron chi connectivity index (χ0n) is 16.3. The van der Waals surface area contributed by atoms with Crippen LogP contribution in [0.2, 0.25) is 0 Å². The summed E-state index contributed by atoms with van der Waals surface area (Å²) in [5.41, 5.74) is 1.34. The minimum atomic E-state index is -0.441. The Hall–Kier alpha value is -2.04. The van der Waals surface area contributed by atoms with Gasteiger partial charge in [-0.2, -0.15) is 0 Å². The third kappa shape index (κ3) is 5.47. The highest BCUT2D eigenvalue weighted by Crippen LogP contribution is 2.37. The topological polar surface area (TPSA) is 55.8 Å². The summed E-state index contributed by atoms with van der Waals surface area (Å²) in [6.45, 7) is 4.02. The molecule has 1 aromatic carbocycles. The van der Waals surface area contributed by atoms with Crippen molar-refractivity contribution in [2.45, 2.75) is 57.8 Å². The summed E-state index contributed by atoms with van der Waals surface area (Å²) in [7, 11) is 0. The fourth-order valence-electron chi connectivity index (χ4n) is 4.21. The lowest BCUT2D eigenvalue weighted by Gasteiger charge is -2.24. The predicted octanol–water partition coefficient (Wildman–Crippen LogP) is 3.91. The molecule has 148 valence electrons. The highest BCUT2D eigenvalue weighted by molar-refractivity contribution is 5.94. The zero-order valence-corrected chi connectivity index (χ0v) is 16.3. The van der Waals surface area contributed by atoms with E-state index in [9.17, 15) is 9.59 Å². The summed E-state index contributed by atoms with van der Waals surface area (Å²) in [4.78, 5) is 25.5. The van der Waals surface area contributed by atoms with Crippen molar-refractivity contribution in [3.05, 3.63) is 29.8 Å². The molecule has 1 aromatic rings. The Morgan fingerprint density at radius 2 is 1.89 bits per heavy atom. The summed E-state index contributed by atoms with van der Waals surface area (Å²) >= 11 is 0. The first-order valence-electron chi connectivity index (χ1n) is 10.3. The molecule has 5 nitrogen and oxygen atoms in total. The quantitative estimate of drug-likeness (QED) is 0.537. The average molecular weight is 373 g/mol. The standard InChI is InChI=1S/C22H31NO4/c1-2-26-22(25)14-21(24)23-13-12-17(15-23)16-27-20-11-7-6-10-19(20)18-8-4-3-5-9-18/h6-7,10-11,17-18H,2-5,8-9,12-16H2,1H3/t17-/m0/s1. The third-order valence-electron chi connectivity index (χ3n) is 5.68. The molecule has 1 aliphatic heterocycles. The predicted molar refractivity (Wildman–Crippen MR) is 104 cm³/mol. The van der Waals surface area contributed by atoms with Crippen molar-refractivity contribution >= 4 is 11.9 Å². The Morgan fingerprint density at radius 1 is 1.11 bits per heavy atom. The van der Waals surface area contributed by atoms with E-state index in [2.05, 4.69) is 18.2 Å². The minimum absolute atomic E-state index is 0.140.